The summed E-state index contributed by atoms with van der Waals surface area (Å²) in [6.45, 7) is 7.97. The molecule has 1 aromatic carbocycles. The van der Waals surface area contributed by atoms with Crippen LogP contribution in [-0.4, -0.2) is 56.9 Å². The predicted molar refractivity (Wildman–Crippen MR) is 94.0 cm³/mol. The molecule has 5 nitrogen and oxygen atoms in total. The highest BCUT2D eigenvalue weighted by Crippen LogP contribution is 2.18. The van der Waals surface area contributed by atoms with Crippen molar-refractivity contribution in [3.63, 3.8) is 0 Å². The van der Waals surface area contributed by atoms with Gasteiger partial charge in [-0.25, -0.2) is 4.39 Å². The number of nitrogens with zero attached hydrogens (tertiary/aromatic N) is 2. The Bertz CT molecular complexity index is 539. The Hall–Kier alpha value is -1.82. The summed E-state index contributed by atoms with van der Waals surface area (Å²) in [5.41, 5.74) is 0. The van der Waals surface area contributed by atoms with E-state index in [1.54, 1.807) is 25.2 Å². The van der Waals surface area contributed by atoms with Crippen LogP contribution in [0.5, 0.6) is 5.75 Å². The molecule has 1 aliphatic heterocycles. The molecule has 1 heterocycles. The Labute approximate surface area is 143 Å². The number of likely N-dealkylation sites (tertiary alicyclic amines) is 1. The zero-order chi connectivity index (χ0) is 17.4. The lowest BCUT2D eigenvalue weighted by molar-refractivity contribution is 0.114. The molecule has 24 heavy (non-hydrogen) atoms. The van der Waals surface area contributed by atoms with Crippen molar-refractivity contribution in [1.29, 1.82) is 0 Å². The first-order valence-electron chi connectivity index (χ1n) is 8.58. The van der Waals surface area contributed by atoms with Crippen LogP contribution in [0.2, 0.25) is 0 Å². The predicted octanol–water partition coefficient (Wildman–Crippen LogP) is 2.53. The molecule has 0 radical (unpaired) electrons. The van der Waals surface area contributed by atoms with Crippen LogP contribution in [0.3, 0.4) is 0 Å². The number of hydrogen-bond donors (Lipinski definition) is 1. The summed E-state index contributed by atoms with van der Waals surface area (Å²) in [5.74, 6) is 1.35. The smallest absolute Gasteiger partial charge is 0.193 e. The highest BCUT2D eigenvalue weighted by Gasteiger charge is 2.25. The molecular formula is C18H28FN3O2. The third-order valence-electron chi connectivity index (χ3n) is 4.07. The van der Waals surface area contributed by atoms with Gasteiger partial charge in [0.15, 0.2) is 17.5 Å². The minimum Gasteiger partial charge on any atom is -0.486 e. The Morgan fingerprint density at radius 3 is 2.96 bits per heavy atom. The second-order valence-corrected chi connectivity index (χ2v) is 6.05. The lowest BCUT2D eigenvalue weighted by atomic mass is 10.1. The molecule has 1 fully saturated rings. The third kappa shape index (κ3) is 5.37. The number of nitrogens with one attached hydrogen (secondary N) is 1. The van der Waals surface area contributed by atoms with Crippen LogP contribution >= 0.6 is 0 Å². The van der Waals surface area contributed by atoms with Gasteiger partial charge in [0.05, 0.1) is 13.2 Å². The van der Waals surface area contributed by atoms with Crippen molar-refractivity contribution in [1.82, 2.24) is 10.2 Å². The summed E-state index contributed by atoms with van der Waals surface area (Å²) in [6.07, 6.45) is 0.947. The van der Waals surface area contributed by atoms with Crippen LogP contribution < -0.4 is 10.1 Å². The van der Waals surface area contributed by atoms with E-state index in [1.807, 2.05) is 13.8 Å². The largest absolute Gasteiger partial charge is 0.486 e. The van der Waals surface area contributed by atoms with Gasteiger partial charge < -0.3 is 19.7 Å². The Morgan fingerprint density at radius 1 is 1.46 bits per heavy atom. The molecule has 0 aliphatic carbocycles. The van der Waals surface area contributed by atoms with Crippen LogP contribution in [0.1, 0.15) is 20.3 Å². The fraction of sp³-hybridized carbons (Fsp3) is 0.611. The maximum Gasteiger partial charge on any atom is 0.193 e. The van der Waals surface area contributed by atoms with Gasteiger partial charge in [-0.1, -0.05) is 12.1 Å². The molecule has 0 saturated carbocycles. The van der Waals surface area contributed by atoms with Crippen LogP contribution in [0, 0.1) is 11.7 Å². The lowest BCUT2D eigenvalue weighted by Gasteiger charge is -2.23. The Morgan fingerprint density at radius 2 is 2.25 bits per heavy atom. The molecule has 2 unspecified atom stereocenters. The van der Waals surface area contributed by atoms with Crippen LogP contribution in [0.25, 0.3) is 0 Å². The lowest BCUT2D eigenvalue weighted by Crippen LogP contribution is -2.43. The van der Waals surface area contributed by atoms with Crippen molar-refractivity contribution in [2.75, 3.05) is 39.9 Å². The zero-order valence-electron chi connectivity index (χ0n) is 14.8. The van der Waals surface area contributed by atoms with Gasteiger partial charge in [0.25, 0.3) is 0 Å². The molecule has 1 saturated heterocycles. The first-order chi connectivity index (χ1) is 11.6. The number of guanidine groups is 1. The fourth-order valence-corrected chi connectivity index (χ4v) is 2.81. The van der Waals surface area contributed by atoms with E-state index in [2.05, 4.69) is 15.2 Å². The minimum atomic E-state index is -0.341. The first-order valence-corrected chi connectivity index (χ1v) is 8.58. The van der Waals surface area contributed by atoms with Crippen molar-refractivity contribution in [3.8, 4) is 5.75 Å². The highest BCUT2D eigenvalue weighted by atomic mass is 19.1. The second-order valence-electron chi connectivity index (χ2n) is 6.05. The molecule has 1 N–H and O–H groups in total. The number of aliphatic imine (C=N–C) groups is 1. The van der Waals surface area contributed by atoms with Gasteiger partial charge in [-0.05, 0) is 32.4 Å². The average Bonchev–Trinajstić information content (AvgIpc) is 3.04. The summed E-state index contributed by atoms with van der Waals surface area (Å²) in [7, 11) is 1.78. The number of ether oxygens (including phenoxy) is 2. The van der Waals surface area contributed by atoms with E-state index in [0.29, 0.717) is 12.5 Å². The summed E-state index contributed by atoms with van der Waals surface area (Å²) in [4.78, 5) is 6.58. The van der Waals surface area contributed by atoms with E-state index in [4.69, 9.17) is 9.47 Å². The van der Waals surface area contributed by atoms with E-state index in [1.165, 1.54) is 6.07 Å². The average molecular weight is 337 g/mol. The topological polar surface area (TPSA) is 46.1 Å². The Kier molecular flexibility index (Phi) is 7.31. The van der Waals surface area contributed by atoms with Crippen molar-refractivity contribution < 1.29 is 13.9 Å². The molecule has 134 valence electrons. The third-order valence-corrected chi connectivity index (χ3v) is 4.07. The molecule has 2 atom stereocenters. The van der Waals surface area contributed by atoms with Crippen molar-refractivity contribution in [3.05, 3.63) is 30.1 Å². The number of benzene rings is 1. The number of halogens is 1. The minimum absolute atomic E-state index is 0.166. The van der Waals surface area contributed by atoms with Gasteiger partial charge in [-0.15, -0.1) is 0 Å². The second kappa shape index (κ2) is 9.47. The standard InChI is InChI=1S/C18H28FN3O2/c1-4-23-13-15-9-10-22(12-15)18(20-3)21-11-14(2)24-17-8-6-5-7-16(17)19/h5-8,14-15H,4,9-13H2,1-3H3,(H,20,21). The maximum atomic E-state index is 13.6. The van der Waals surface area contributed by atoms with Crippen molar-refractivity contribution in [2.45, 2.75) is 26.4 Å². The van der Waals surface area contributed by atoms with Crippen molar-refractivity contribution in [2.24, 2.45) is 10.9 Å². The van der Waals surface area contributed by atoms with E-state index in [9.17, 15) is 4.39 Å². The van der Waals surface area contributed by atoms with Gasteiger partial charge in [-0.3, -0.25) is 4.99 Å². The highest BCUT2D eigenvalue weighted by molar-refractivity contribution is 5.80. The van der Waals surface area contributed by atoms with Gasteiger partial charge in [0, 0.05) is 32.7 Å². The molecule has 1 aromatic rings. The van der Waals surface area contributed by atoms with E-state index >= 15 is 0 Å². The maximum absolute atomic E-state index is 13.6. The normalized spacial score (nSPS) is 19.4. The monoisotopic (exact) mass is 337 g/mol. The summed E-state index contributed by atoms with van der Waals surface area (Å²) < 4.78 is 24.8. The summed E-state index contributed by atoms with van der Waals surface area (Å²) in [6, 6.07) is 6.45. The first kappa shape index (κ1) is 18.5. The van der Waals surface area contributed by atoms with Gasteiger partial charge in [0.2, 0.25) is 0 Å². The molecule has 0 bridgehead atoms. The zero-order valence-corrected chi connectivity index (χ0v) is 14.8. The molecule has 0 amide bonds. The van der Waals surface area contributed by atoms with Crippen molar-refractivity contribution >= 4 is 5.96 Å². The van der Waals surface area contributed by atoms with Gasteiger partial charge in [0.1, 0.15) is 6.10 Å². The molecular weight excluding hydrogens is 309 g/mol. The Balaban J connectivity index is 1.78. The summed E-state index contributed by atoms with van der Waals surface area (Å²) in [5, 5.41) is 3.32. The van der Waals surface area contributed by atoms with Gasteiger partial charge >= 0.3 is 0 Å². The van der Waals surface area contributed by atoms with E-state index < -0.39 is 0 Å². The van der Waals surface area contributed by atoms with Gasteiger partial charge in [-0.2, -0.15) is 0 Å². The number of hydrogen-bond acceptors (Lipinski definition) is 3. The SMILES string of the molecule is CCOCC1CCN(C(=NC)NCC(C)Oc2ccccc2F)C1. The van der Waals surface area contributed by atoms with Crippen LogP contribution in [0.4, 0.5) is 4.39 Å². The fourth-order valence-electron chi connectivity index (χ4n) is 2.81. The summed E-state index contributed by atoms with van der Waals surface area (Å²) >= 11 is 0. The van der Waals surface area contributed by atoms with E-state index in [0.717, 1.165) is 38.7 Å². The van der Waals surface area contributed by atoms with Crippen LogP contribution in [-0.2, 0) is 4.74 Å². The number of para-hydroxylation sites is 1. The number of rotatable bonds is 7. The molecule has 1 aliphatic rings. The quantitative estimate of drug-likeness (QED) is 0.613. The molecule has 6 heteroatoms. The molecule has 2 rings (SSSR count). The molecule has 0 aromatic heterocycles. The van der Waals surface area contributed by atoms with Crippen LogP contribution in [0.15, 0.2) is 29.3 Å². The molecule has 0 spiro atoms. The van der Waals surface area contributed by atoms with E-state index in [-0.39, 0.29) is 17.7 Å².